The SMILES string of the molecule is Cc1nc(N2CCC3(CCCC3)CC2)c(=O)[nH]c1-c1cccc(Cl)c1Cl. The number of nitrogens with one attached hydrogen (secondary N) is 1. The van der Waals surface area contributed by atoms with E-state index in [2.05, 4.69) is 14.9 Å². The lowest BCUT2D eigenvalue weighted by molar-refractivity contribution is 0.226. The topological polar surface area (TPSA) is 49.0 Å². The summed E-state index contributed by atoms with van der Waals surface area (Å²) in [6.45, 7) is 3.72. The standard InChI is InChI=1S/C20H23Cl2N3O/c1-13-17(14-5-4-6-15(21)16(14)22)24-19(26)18(23-13)25-11-9-20(10-12-25)7-2-3-8-20/h4-6H,2-3,7-12H2,1H3,(H,24,26). The van der Waals surface area contributed by atoms with E-state index in [9.17, 15) is 4.79 Å². The molecule has 0 amide bonds. The van der Waals surface area contributed by atoms with Crippen LogP contribution in [0, 0.1) is 12.3 Å². The summed E-state index contributed by atoms with van der Waals surface area (Å²) in [6.07, 6.45) is 7.72. The van der Waals surface area contributed by atoms with Crippen LogP contribution in [-0.2, 0) is 0 Å². The smallest absolute Gasteiger partial charge is 0.291 e. The van der Waals surface area contributed by atoms with Gasteiger partial charge in [0, 0.05) is 18.7 Å². The van der Waals surface area contributed by atoms with Crippen LogP contribution < -0.4 is 10.5 Å². The summed E-state index contributed by atoms with van der Waals surface area (Å²) in [6, 6.07) is 5.40. The molecular weight excluding hydrogens is 369 g/mol. The van der Waals surface area contributed by atoms with Gasteiger partial charge >= 0.3 is 0 Å². The number of benzene rings is 1. The number of aryl methyl sites for hydroxylation is 1. The molecule has 1 saturated carbocycles. The summed E-state index contributed by atoms with van der Waals surface area (Å²) in [5.41, 5.74) is 2.45. The molecule has 4 rings (SSSR count). The van der Waals surface area contributed by atoms with Crippen molar-refractivity contribution in [1.82, 2.24) is 9.97 Å². The molecule has 0 unspecified atom stereocenters. The predicted molar refractivity (Wildman–Crippen MR) is 107 cm³/mol. The Kier molecular flexibility index (Phi) is 4.74. The number of piperidine rings is 1. The zero-order chi connectivity index (χ0) is 18.3. The summed E-state index contributed by atoms with van der Waals surface area (Å²) < 4.78 is 0. The molecule has 1 aliphatic carbocycles. The molecule has 0 atom stereocenters. The Morgan fingerprint density at radius 2 is 1.81 bits per heavy atom. The summed E-state index contributed by atoms with van der Waals surface area (Å²) >= 11 is 12.4. The fraction of sp³-hybridized carbons (Fsp3) is 0.500. The van der Waals surface area contributed by atoms with Crippen molar-refractivity contribution in [2.75, 3.05) is 18.0 Å². The van der Waals surface area contributed by atoms with Crippen molar-refractivity contribution in [2.45, 2.75) is 45.4 Å². The first kappa shape index (κ1) is 17.9. The maximum Gasteiger partial charge on any atom is 0.291 e. The van der Waals surface area contributed by atoms with E-state index in [-0.39, 0.29) is 5.56 Å². The quantitative estimate of drug-likeness (QED) is 0.763. The first-order chi connectivity index (χ1) is 12.5. The molecule has 2 heterocycles. The van der Waals surface area contributed by atoms with Gasteiger partial charge in [0.05, 0.1) is 21.4 Å². The third kappa shape index (κ3) is 3.14. The van der Waals surface area contributed by atoms with Gasteiger partial charge in [-0.25, -0.2) is 4.98 Å². The molecular formula is C20H23Cl2N3O. The summed E-state index contributed by atoms with van der Waals surface area (Å²) in [7, 11) is 0. The Balaban J connectivity index is 1.63. The largest absolute Gasteiger partial charge is 0.352 e. The normalized spacial score (nSPS) is 19.3. The van der Waals surface area contributed by atoms with Gasteiger partial charge in [-0.2, -0.15) is 0 Å². The first-order valence-corrected chi connectivity index (χ1v) is 10.0. The van der Waals surface area contributed by atoms with Crippen LogP contribution in [0.5, 0.6) is 0 Å². The lowest BCUT2D eigenvalue weighted by Crippen LogP contribution is -2.41. The minimum Gasteiger partial charge on any atom is -0.352 e. The highest BCUT2D eigenvalue weighted by molar-refractivity contribution is 6.43. The third-order valence-electron chi connectivity index (χ3n) is 6.09. The van der Waals surface area contributed by atoms with Crippen LogP contribution in [-0.4, -0.2) is 23.1 Å². The second-order valence-electron chi connectivity index (χ2n) is 7.65. The molecule has 0 bridgehead atoms. The van der Waals surface area contributed by atoms with E-state index in [0.717, 1.165) is 31.6 Å². The van der Waals surface area contributed by atoms with Gasteiger partial charge in [0.25, 0.3) is 5.56 Å². The van der Waals surface area contributed by atoms with Crippen LogP contribution in [0.1, 0.15) is 44.2 Å². The minimum absolute atomic E-state index is 0.163. The zero-order valence-electron chi connectivity index (χ0n) is 14.9. The van der Waals surface area contributed by atoms with Crippen molar-refractivity contribution in [3.05, 3.63) is 44.3 Å². The molecule has 2 aromatic rings. The number of aromatic amines is 1. The van der Waals surface area contributed by atoms with E-state index in [1.54, 1.807) is 6.07 Å². The molecule has 1 saturated heterocycles. The van der Waals surface area contributed by atoms with E-state index in [0.29, 0.717) is 32.5 Å². The van der Waals surface area contributed by atoms with Crippen LogP contribution >= 0.6 is 23.2 Å². The fourth-order valence-corrected chi connectivity index (χ4v) is 4.91. The molecule has 1 aromatic heterocycles. The summed E-state index contributed by atoms with van der Waals surface area (Å²) in [5, 5.41) is 0.898. The maximum absolute atomic E-state index is 12.7. The number of halogens is 2. The average molecular weight is 392 g/mol. The highest BCUT2D eigenvalue weighted by Gasteiger charge is 2.37. The van der Waals surface area contributed by atoms with Crippen molar-refractivity contribution >= 4 is 29.0 Å². The van der Waals surface area contributed by atoms with Crippen LogP contribution in [0.4, 0.5) is 5.82 Å². The minimum atomic E-state index is -0.163. The average Bonchev–Trinajstić information content (AvgIpc) is 3.08. The number of nitrogens with zero attached hydrogens (tertiary/aromatic N) is 2. The highest BCUT2D eigenvalue weighted by atomic mass is 35.5. The van der Waals surface area contributed by atoms with E-state index in [4.69, 9.17) is 23.2 Å². The van der Waals surface area contributed by atoms with Crippen LogP contribution in [0.25, 0.3) is 11.3 Å². The molecule has 2 aliphatic rings. The van der Waals surface area contributed by atoms with Gasteiger partial charge in [-0.05, 0) is 44.1 Å². The van der Waals surface area contributed by atoms with Crippen LogP contribution in [0.2, 0.25) is 10.0 Å². The second kappa shape index (κ2) is 6.90. The molecule has 1 spiro atoms. The van der Waals surface area contributed by atoms with Gasteiger partial charge < -0.3 is 9.88 Å². The molecule has 1 N–H and O–H groups in total. The maximum atomic E-state index is 12.7. The van der Waals surface area contributed by atoms with Gasteiger partial charge in [0.2, 0.25) is 0 Å². The first-order valence-electron chi connectivity index (χ1n) is 9.29. The van der Waals surface area contributed by atoms with Gasteiger partial charge in [-0.3, -0.25) is 4.79 Å². The Hall–Kier alpha value is -1.52. The van der Waals surface area contributed by atoms with Crippen molar-refractivity contribution in [1.29, 1.82) is 0 Å². The number of aromatic nitrogens is 2. The van der Waals surface area contributed by atoms with E-state index < -0.39 is 0 Å². The zero-order valence-corrected chi connectivity index (χ0v) is 16.5. The fourth-order valence-electron chi connectivity index (χ4n) is 4.52. The van der Waals surface area contributed by atoms with Crippen LogP contribution in [0.15, 0.2) is 23.0 Å². The number of hydrogen-bond acceptors (Lipinski definition) is 3. The lowest BCUT2D eigenvalue weighted by Gasteiger charge is -2.39. The molecule has 6 heteroatoms. The number of anilines is 1. The van der Waals surface area contributed by atoms with Crippen molar-refractivity contribution < 1.29 is 0 Å². The number of H-pyrrole nitrogens is 1. The monoisotopic (exact) mass is 391 g/mol. The molecule has 1 aromatic carbocycles. The Morgan fingerprint density at radius 1 is 1.12 bits per heavy atom. The Labute approximate surface area is 163 Å². The number of rotatable bonds is 2. The molecule has 0 radical (unpaired) electrons. The van der Waals surface area contributed by atoms with E-state index in [1.807, 2.05) is 19.1 Å². The Bertz CT molecular complexity index is 877. The van der Waals surface area contributed by atoms with Gasteiger partial charge in [0.1, 0.15) is 0 Å². The van der Waals surface area contributed by atoms with Crippen molar-refractivity contribution in [3.63, 3.8) is 0 Å². The van der Waals surface area contributed by atoms with Crippen LogP contribution in [0.3, 0.4) is 0 Å². The summed E-state index contributed by atoms with van der Waals surface area (Å²) in [4.78, 5) is 22.5. The number of hydrogen-bond donors (Lipinski definition) is 1. The second-order valence-corrected chi connectivity index (χ2v) is 8.43. The van der Waals surface area contributed by atoms with Gasteiger partial charge in [0.15, 0.2) is 5.82 Å². The van der Waals surface area contributed by atoms with Crippen molar-refractivity contribution in [2.24, 2.45) is 5.41 Å². The van der Waals surface area contributed by atoms with Gasteiger partial charge in [-0.1, -0.05) is 48.2 Å². The molecule has 26 heavy (non-hydrogen) atoms. The molecule has 138 valence electrons. The molecule has 1 aliphatic heterocycles. The molecule has 4 nitrogen and oxygen atoms in total. The van der Waals surface area contributed by atoms with E-state index in [1.165, 1.54) is 25.7 Å². The highest BCUT2D eigenvalue weighted by Crippen LogP contribution is 2.46. The lowest BCUT2D eigenvalue weighted by atomic mass is 9.77. The predicted octanol–water partition coefficient (Wildman–Crippen LogP) is 5.21. The Morgan fingerprint density at radius 3 is 2.50 bits per heavy atom. The van der Waals surface area contributed by atoms with Crippen molar-refractivity contribution in [3.8, 4) is 11.3 Å². The summed E-state index contributed by atoms with van der Waals surface area (Å²) in [5.74, 6) is 0.525. The molecule has 2 fully saturated rings. The third-order valence-corrected chi connectivity index (χ3v) is 6.90. The van der Waals surface area contributed by atoms with E-state index >= 15 is 0 Å². The van der Waals surface area contributed by atoms with Gasteiger partial charge in [-0.15, -0.1) is 0 Å².